The summed E-state index contributed by atoms with van der Waals surface area (Å²) in [6.45, 7) is 5.56. The van der Waals surface area contributed by atoms with Gasteiger partial charge in [-0.1, -0.05) is 30.3 Å². The molecular formula is C17H27N3. The van der Waals surface area contributed by atoms with E-state index in [9.17, 15) is 0 Å². The summed E-state index contributed by atoms with van der Waals surface area (Å²) in [6.07, 6.45) is 5.28. The van der Waals surface area contributed by atoms with Crippen molar-refractivity contribution in [3.05, 3.63) is 35.9 Å². The molecule has 0 radical (unpaired) electrons. The van der Waals surface area contributed by atoms with Gasteiger partial charge in [-0.05, 0) is 37.8 Å². The van der Waals surface area contributed by atoms with Gasteiger partial charge in [0.2, 0.25) is 0 Å². The lowest BCUT2D eigenvalue weighted by atomic mass is 10.1. The third-order valence-electron chi connectivity index (χ3n) is 4.65. The fraction of sp³-hybridized carbons (Fsp3) is 0.647. The number of hydrogen-bond donors (Lipinski definition) is 1. The summed E-state index contributed by atoms with van der Waals surface area (Å²) in [5, 5.41) is 0. The Balaban J connectivity index is 1.60. The topological polar surface area (TPSA) is 32.5 Å². The molecule has 0 bridgehead atoms. The lowest BCUT2D eigenvalue weighted by Gasteiger charge is -2.29. The first-order valence-electron chi connectivity index (χ1n) is 8.09. The largest absolute Gasteiger partial charge is 0.330 e. The molecule has 0 aromatic heterocycles. The average Bonchev–Trinajstić information content (AvgIpc) is 3.22. The van der Waals surface area contributed by atoms with Crippen LogP contribution in [0.1, 0.15) is 31.2 Å². The Morgan fingerprint density at radius 2 is 1.95 bits per heavy atom. The number of nitrogens with two attached hydrogens (primary N) is 1. The normalized spacial score (nSPS) is 23.6. The highest BCUT2D eigenvalue weighted by Gasteiger charge is 2.36. The Labute approximate surface area is 122 Å². The molecule has 110 valence electrons. The van der Waals surface area contributed by atoms with E-state index in [1.807, 2.05) is 0 Å². The Morgan fingerprint density at radius 1 is 1.15 bits per heavy atom. The van der Waals surface area contributed by atoms with Crippen LogP contribution in [0.3, 0.4) is 0 Å². The first kappa shape index (κ1) is 14.1. The third-order valence-corrected chi connectivity index (χ3v) is 4.65. The Morgan fingerprint density at radius 3 is 2.65 bits per heavy atom. The van der Waals surface area contributed by atoms with E-state index in [4.69, 9.17) is 5.73 Å². The van der Waals surface area contributed by atoms with Crippen molar-refractivity contribution < 1.29 is 0 Å². The fourth-order valence-electron chi connectivity index (χ4n) is 3.34. The minimum absolute atomic E-state index is 0.724. The van der Waals surface area contributed by atoms with E-state index in [0.717, 1.165) is 38.1 Å². The standard InChI is InChI=1S/C17H27N3/c18-10-4-11-19(13-15-5-2-1-3-6-15)17-9-12-20(14-17)16-7-8-16/h1-3,5-6,16-17H,4,7-14,18H2. The molecule has 2 N–H and O–H groups in total. The van der Waals surface area contributed by atoms with Gasteiger partial charge in [0.1, 0.15) is 0 Å². The van der Waals surface area contributed by atoms with Crippen molar-refractivity contribution in [2.24, 2.45) is 5.73 Å². The summed E-state index contributed by atoms with van der Waals surface area (Å²) in [7, 11) is 0. The summed E-state index contributed by atoms with van der Waals surface area (Å²) >= 11 is 0. The monoisotopic (exact) mass is 273 g/mol. The highest BCUT2D eigenvalue weighted by molar-refractivity contribution is 5.14. The highest BCUT2D eigenvalue weighted by atomic mass is 15.3. The molecule has 1 saturated heterocycles. The summed E-state index contributed by atoms with van der Waals surface area (Å²) in [5.74, 6) is 0. The number of rotatable bonds is 7. The van der Waals surface area contributed by atoms with Crippen molar-refractivity contribution in [2.75, 3.05) is 26.2 Å². The van der Waals surface area contributed by atoms with E-state index >= 15 is 0 Å². The van der Waals surface area contributed by atoms with Crippen LogP contribution < -0.4 is 5.73 Å². The number of nitrogens with zero attached hydrogens (tertiary/aromatic N) is 2. The molecule has 3 rings (SSSR count). The van der Waals surface area contributed by atoms with Crippen molar-refractivity contribution in [1.29, 1.82) is 0 Å². The second-order valence-electron chi connectivity index (χ2n) is 6.27. The summed E-state index contributed by atoms with van der Waals surface area (Å²) in [4.78, 5) is 5.36. The van der Waals surface area contributed by atoms with E-state index in [1.165, 1.54) is 37.9 Å². The van der Waals surface area contributed by atoms with Crippen LogP contribution in [0.2, 0.25) is 0 Å². The zero-order valence-electron chi connectivity index (χ0n) is 12.4. The Kier molecular flexibility index (Phi) is 4.71. The van der Waals surface area contributed by atoms with E-state index in [2.05, 4.69) is 40.1 Å². The van der Waals surface area contributed by atoms with Crippen LogP contribution >= 0.6 is 0 Å². The third kappa shape index (κ3) is 3.60. The van der Waals surface area contributed by atoms with Gasteiger partial charge in [-0.25, -0.2) is 0 Å². The van der Waals surface area contributed by atoms with Gasteiger partial charge in [0.25, 0.3) is 0 Å². The maximum Gasteiger partial charge on any atom is 0.0239 e. The second-order valence-corrected chi connectivity index (χ2v) is 6.27. The second kappa shape index (κ2) is 6.70. The molecule has 1 unspecified atom stereocenters. The minimum Gasteiger partial charge on any atom is -0.330 e. The summed E-state index contributed by atoms with van der Waals surface area (Å²) < 4.78 is 0. The van der Waals surface area contributed by atoms with Crippen molar-refractivity contribution in [3.63, 3.8) is 0 Å². The van der Waals surface area contributed by atoms with Crippen LogP contribution in [0.5, 0.6) is 0 Å². The average molecular weight is 273 g/mol. The van der Waals surface area contributed by atoms with Crippen LogP contribution in [-0.4, -0.2) is 48.1 Å². The molecule has 2 fully saturated rings. The van der Waals surface area contributed by atoms with Crippen molar-refractivity contribution in [1.82, 2.24) is 9.80 Å². The van der Waals surface area contributed by atoms with Crippen molar-refractivity contribution >= 4 is 0 Å². The summed E-state index contributed by atoms with van der Waals surface area (Å²) in [6, 6.07) is 12.5. The van der Waals surface area contributed by atoms with Gasteiger partial charge < -0.3 is 5.73 Å². The maximum atomic E-state index is 5.72. The molecule has 1 heterocycles. The molecular weight excluding hydrogens is 246 g/mol. The Bertz CT molecular complexity index is 402. The Hall–Kier alpha value is -0.900. The van der Waals surface area contributed by atoms with Crippen LogP contribution in [0.15, 0.2) is 30.3 Å². The predicted molar refractivity (Wildman–Crippen MR) is 83.5 cm³/mol. The SMILES string of the molecule is NCCCN(Cc1ccccc1)C1CCN(C2CC2)C1. The smallest absolute Gasteiger partial charge is 0.0239 e. The zero-order chi connectivity index (χ0) is 13.8. The number of hydrogen-bond acceptors (Lipinski definition) is 3. The van der Waals surface area contributed by atoms with Crippen LogP contribution in [-0.2, 0) is 6.54 Å². The quantitative estimate of drug-likeness (QED) is 0.825. The zero-order valence-corrected chi connectivity index (χ0v) is 12.4. The molecule has 1 aromatic carbocycles. The van der Waals surface area contributed by atoms with Gasteiger partial charge in [0.15, 0.2) is 0 Å². The summed E-state index contributed by atoms with van der Waals surface area (Å²) in [5.41, 5.74) is 7.14. The molecule has 0 amide bonds. The van der Waals surface area contributed by atoms with Gasteiger partial charge in [0.05, 0.1) is 0 Å². The lowest BCUT2D eigenvalue weighted by Crippen LogP contribution is -2.38. The molecule has 1 atom stereocenters. The lowest BCUT2D eigenvalue weighted by molar-refractivity contribution is 0.181. The molecule has 3 heteroatoms. The van der Waals surface area contributed by atoms with E-state index in [0.29, 0.717) is 0 Å². The number of benzene rings is 1. The minimum atomic E-state index is 0.724. The van der Waals surface area contributed by atoms with Gasteiger partial charge in [-0.2, -0.15) is 0 Å². The molecule has 1 aliphatic carbocycles. The van der Waals surface area contributed by atoms with E-state index in [1.54, 1.807) is 0 Å². The highest BCUT2D eigenvalue weighted by Crippen LogP contribution is 2.31. The molecule has 20 heavy (non-hydrogen) atoms. The predicted octanol–water partition coefficient (Wildman–Crippen LogP) is 2.07. The molecule has 0 spiro atoms. The maximum absolute atomic E-state index is 5.72. The van der Waals surface area contributed by atoms with Gasteiger partial charge in [0, 0.05) is 38.3 Å². The van der Waals surface area contributed by atoms with Crippen LogP contribution in [0.4, 0.5) is 0 Å². The molecule has 1 saturated carbocycles. The van der Waals surface area contributed by atoms with E-state index < -0.39 is 0 Å². The molecule has 3 nitrogen and oxygen atoms in total. The first-order valence-corrected chi connectivity index (χ1v) is 8.09. The van der Waals surface area contributed by atoms with Gasteiger partial charge in [-0.3, -0.25) is 9.80 Å². The van der Waals surface area contributed by atoms with Crippen LogP contribution in [0, 0.1) is 0 Å². The van der Waals surface area contributed by atoms with Gasteiger partial charge in [-0.15, -0.1) is 0 Å². The fourth-order valence-corrected chi connectivity index (χ4v) is 3.34. The van der Waals surface area contributed by atoms with E-state index in [-0.39, 0.29) is 0 Å². The molecule has 1 aromatic rings. The van der Waals surface area contributed by atoms with Crippen molar-refractivity contribution in [3.8, 4) is 0 Å². The molecule has 1 aliphatic heterocycles. The van der Waals surface area contributed by atoms with Crippen molar-refractivity contribution in [2.45, 2.75) is 44.3 Å². The van der Waals surface area contributed by atoms with Gasteiger partial charge >= 0.3 is 0 Å². The first-order chi connectivity index (χ1) is 9.86. The van der Waals surface area contributed by atoms with Crippen LogP contribution in [0.25, 0.3) is 0 Å². The molecule has 2 aliphatic rings. The number of likely N-dealkylation sites (tertiary alicyclic amines) is 1.